The fraction of sp³-hybridized carbons (Fsp3) is 0.550. The van der Waals surface area contributed by atoms with Gasteiger partial charge in [-0.05, 0) is 20.8 Å². The minimum atomic E-state index is -0.935. The van der Waals surface area contributed by atoms with Gasteiger partial charge in [-0.15, -0.1) is 24.8 Å². The van der Waals surface area contributed by atoms with Crippen molar-refractivity contribution in [2.24, 2.45) is 0 Å². The molecule has 0 atom stereocenters. The molecule has 9 heteroatoms. The summed E-state index contributed by atoms with van der Waals surface area (Å²) in [7, 11) is 0. The molecule has 0 aliphatic rings. The van der Waals surface area contributed by atoms with Crippen molar-refractivity contribution in [2.75, 3.05) is 0 Å². The quantitative estimate of drug-likeness (QED) is 0.183. The van der Waals surface area contributed by atoms with Crippen molar-refractivity contribution in [3.05, 3.63) is 36.5 Å². The third-order valence-electron chi connectivity index (χ3n) is 2.51. The summed E-state index contributed by atoms with van der Waals surface area (Å²) in [5.74, 6) is -2.81. The Hall–Kier alpha value is -0.991. The Bertz CT molecular complexity index is 381. The first-order chi connectivity index (χ1) is 12.3. The average molecular weight is 564 g/mol. The summed E-state index contributed by atoms with van der Waals surface area (Å²) in [6.45, 7) is 18.4. The van der Waals surface area contributed by atoms with Crippen LogP contribution in [0.5, 0.6) is 0 Å². The molecule has 172 valence electrons. The van der Waals surface area contributed by atoms with Crippen LogP contribution in [0.4, 0.5) is 0 Å². The number of carbonyl (C=O) groups is 3. The first-order valence-electron chi connectivity index (χ1n) is 8.72. The molecule has 0 fully saturated rings. The molecule has 0 amide bonds. The van der Waals surface area contributed by atoms with E-state index in [0.717, 1.165) is 0 Å². The largest absolute Gasteiger partial charge is 0.147 e. The maximum absolute atomic E-state index is 9.60. The number of unbranched alkanes of at least 4 members (excludes halogenated alkanes) is 2. The summed E-state index contributed by atoms with van der Waals surface area (Å²) >= 11 is 0.149. The van der Waals surface area contributed by atoms with E-state index in [2.05, 4.69) is 33.6 Å². The zero-order valence-electron chi connectivity index (χ0n) is 18.2. The Morgan fingerprint density at radius 1 is 0.655 bits per heavy atom. The third kappa shape index (κ3) is 58.4. The van der Waals surface area contributed by atoms with Gasteiger partial charge in [-0.1, -0.05) is 19.7 Å². The Morgan fingerprint density at radius 2 is 0.828 bits per heavy atom. The van der Waals surface area contributed by atoms with Crippen LogP contribution in [-0.2, 0) is 14.4 Å². The maximum atomic E-state index is 9.60. The Labute approximate surface area is 198 Å². The van der Waals surface area contributed by atoms with Gasteiger partial charge in [0, 0.05) is 16.7 Å². The molecule has 0 aliphatic heterocycles. The van der Waals surface area contributed by atoms with Gasteiger partial charge in [0.05, 0.1) is 0 Å². The number of aliphatic carboxylic acids is 3. The van der Waals surface area contributed by atoms with E-state index in [0.29, 0.717) is 0 Å². The van der Waals surface area contributed by atoms with Crippen LogP contribution < -0.4 is 0 Å². The van der Waals surface area contributed by atoms with Crippen molar-refractivity contribution in [2.45, 2.75) is 69.2 Å². The van der Waals surface area contributed by atoms with Crippen LogP contribution in [0.3, 0.4) is 0 Å². The number of hydrogen-bond acceptors (Lipinski definition) is 3. The number of rotatable bonds is 9. The first kappa shape index (κ1) is 42.2. The second-order valence-electron chi connectivity index (χ2n) is 5.71. The molecule has 0 unspecified atom stereocenters. The van der Waals surface area contributed by atoms with Crippen molar-refractivity contribution in [1.29, 1.82) is 0 Å². The molecule has 0 saturated carbocycles. The predicted octanol–water partition coefficient (Wildman–Crippen LogP) is 5.91. The van der Waals surface area contributed by atoms with E-state index in [1.54, 1.807) is 8.87 Å². The molecular formula is C20H38Cl2O6Sn. The van der Waals surface area contributed by atoms with Crippen molar-refractivity contribution in [3.63, 3.8) is 0 Å². The van der Waals surface area contributed by atoms with Crippen molar-refractivity contribution < 1.29 is 29.7 Å². The van der Waals surface area contributed by atoms with E-state index in [1.165, 1.54) is 46.5 Å². The molecule has 2 radical (unpaired) electrons. The number of carboxylic acid groups (broad SMARTS) is 3. The Balaban J connectivity index is -0.0000000605. The Morgan fingerprint density at radius 3 is 0.931 bits per heavy atom. The summed E-state index contributed by atoms with van der Waals surface area (Å²) in [4.78, 5) is 28.8. The van der Waals surface area contributed by atoms with Crippen LogP contribution in [0, 0.1) is 0 Å². The predicted molar refractivity (Wildman–Crippen MR) is 127 cm³/mol. The molecule has 0 aliphatic carbocycles. The molecule has 29 heavy (non-hydrogen) atoms. The van der Waals surface area contributed by atoms with E-state index in [9.17, 15) is 14.4 Å². The number of hydrogen-bond donors (Lipinski definition) is 3. The zero-order valence-corrected chi connectivity index (χ0v) is 22.7. The SMILES string of the molecule is C=C(C)C(=O)O.C=C(C)C(=O)O.C=C(C)C(=O)O.CCC[CH2][Sn][CH2]CCC.Cl.Cl. The molecular weight excluding hydrogens is 526 g/mol. The molecule has 0 aromatic carbocycles. The van der Waals surface area contributed by atoms with Gasteiger partial charge in [0.25, 0.3) is 0 Å². The van der Waals surface area contributed by atoms with Crippen LogP contribution in [-0.4, -0.2) is 54.4 Å². The molecule has 0 saturated heterocycles. The molecule has 0 heterocycles. The summed E-state index contributed by atoms with van der Waals surface area (Å²) in [5.41, 5.74) is 0.528. The van der Waals surface area contributed by atoms with Gasteiger partial charge < -0.3 is 15.3 Å². The number of carboxylic acids is 3. The average Bonchev–Trinajstić information content (AvgIpc) is 2.56. The third-order valence-corrected chi connectivity index (χ3v) is 6.55. The summed E-state index contributed by atoms with van der Waals surface area (Å²) in [5, 5.41) is 23.7. The molecule has 0 spiro atoms. The minimum Gasteiger partial charge on any atom is -0.147 e. The fourth-order valence-corrected chi connectivity index (χ4v) is 4.89. The summed E-state index contributed by atoms with van der Waals surface area (Å²) in [6.07, 6.45) is 5.84. The van der Waals surface area contributed by atoms with E-state index in [1.807, 2.05) is 0 Å². The van der Waals surface area contributed by atoms with Gasteiger partial charge in [0.1, 0.15) is 0 Å². The molecule has 0 bridgehead atoms. The monoisotopic (exact) mass is 564 g/mol. The molecule has 3 N–H and O–H groups in total. The van der Waals surface area contributed by atoms with Gasteiger partial charge in [-0.25, -0.2) is 14.4 Å². The van der Waals surface area contributed by atoms with Crippen LogP contribution >= 0.6 is 24.8 Å². The van der Waals surface area contributed by atoms with Crippen LogP contribution in [0.2, 0.25) is 8.87 Å². The normalized spacial score (nSPS) is 7.76. The van der Waals surface area contributed by atoms with E-state index >= 15 is 0 Å². The van der Waals surface area contributed by atoms with E-state index in [4.69, 9.17) is 15.3 Å². The molecule has 0 aromatic rings. The van der Waals surface area contributed by atoms with E-state index in [-0.39, 0.29) is 62.7 Å². The minimum absolute atomic E-state index is 0. The second kappa shape index (κ2) is 31.7. The van der Waals surface area contributed by atoms with Gasteiger partial charge in [0.15, 0.2) is 0 Å². The smallest absolute Gasteiger partial charge is 0.147 e. The van der Waals surface area contributed by atoms with Gasteiger partial charge in [-0.3, -0.25) is 0 Å². The van der Waals surface area contributed by atoms with Crippen LogP contribution in [0.25, 0.3) is 0 Å². The number of halogens is 2. The summed E-state index contributed by atoms with van der Waals surface area (Å²) < 4.78 is 3.25. The van der Waals surface area contributed by atoms with Gasteiger partial charge in [0.2, 0.25) is 0 Å². The topological polar surface area (TPSA) is 112 Å². The van der Waals surface area contributed by atoms with Gasteiger partial charge >= 0.3 is 87.5 Å². The summed E-state index contributed by atoms with van der Waals surface area (Å²) in [6, 6.07) is 0. The van der Waals surface area contributed by atoms with Gasteiger partial charge in [-0.2, -0.15) is 0 Å². The molecule has 6 nitrogen and oxygen atoms in total. The zero-order chi connectivity index (χ0) is 22.4. The Kier molecular flexibility index (Phi) is 46.1. The van der Waals surface area contributed by atoms with Crippen molar-refractivity contribution in [1.82, 2.24) is 0 Å². The van der Waals surface area contributed by atoms with Crippen LogP contribution in [0.1, 0.15) is 60.3 Å². The fourth-order valence-electron chi connectivity index (χ4n) is 0.729. The maximum Gasteiger partial charge on any atom is -0.147 e. The van der Waals surface area contributed by atoms with Crippen LogP contribution in [0.15, 0.2) is 36.5 Å². The second-order valence-corrected chi connectivity index (χ2v) is 9.99. The van der Waals surface area contributed by atoms with Crippen molar-refractivity contribution in [3.8, 4) is 0 Å². The molecule has 0 aromatic heterocycles. The van der Waals surface area contributed by atoms with E-state index < -0.39 is 17.9 Å². The van der Waals surface area contributed by atoms with Crippen molar-refractivity contribution >= 4 is 63.9 Å². The standard InChI is InChI=1S/3C4H6O2.2C4H9.2ClH.Sn/c3*1-3(2)4(5)6;2*1-3-4-2;;;/h3*1H2,2H3,(H,5,6);2*1,3-4H2,2H3;2*1H;. The molecule has 0 rings (SSSR count). The first-order valence-corrected chi connectivity index (χ1v) is 12.8.